The Morgan fingerprint density at radius 3 is 1.96 bits per heavy atom. The molecule has 0 fully saturated rings. The van der Waals surface area contributed by atoms with E-state index in [2.05, 4.69) is 60.8 Å². The van der Waals surface area contributed by atoms with Crippen molar-refractivity contribution >= 4 is 0 Å². The maximum absolute atomic E-state index is 5.57. The molecule has 1 N–H and O–H groups in total. The molecule has 0 aliphatic carbocycles. The van der Waals surface area contributed by atoms with Crippen LogP contribution in [0.3, 0.4) is 0 Å². The molecule has 0 spiro atoms. The van der Waals surface area contributed by atoms with Crippen LogP contribution >= 0.6 is 0 Å². The van der Waals surface area contributed by atoms with Crippen molar-refractivity contribution in [1.29, 1.82) is 0 Å². The van der Waals surface area contributed by atoms with E-state index in [1.807, 2.05) is 18.2 Å². The van der Waals surface area contributed by atoms with E-state index in [9.17, 15) is 0 Å². The van der Waals surface area contributed by atoms with Crippen LogP contribution in [0.2, 0.25) is 0 Å². The van der Waals surface area contributed by atoms with Crippen molar-refractivity contribution < 1.29 is 14.2 Å². The standard InChI is InChI=1S/C24H27NO3/c1-17(18-10-12-20(13-11-18)19-8-6-5-7-9-19)25-16-21-14-15-22(26-2)24(28-4)23(21)27-3/h5-15,17,25H,16H2,1-4H3/t17-/m0/s1. The lowest BCUT2D eigenvalue weighted by Crippen LogP contribution is -2.18. The second-order valence-electron chi connectivity index (χ2n) is 6.58. The summed E-state index contributed by atoms with van der Waals surface area (Å²) in [5.74, 6) is 1.97. The summed E-state index contributed by atoms with van der Waals surface area (Å²) in [7, 11) is 4.89. The predicted octanol–water partition coefficient (Wildman–Crippen LogP) is 5.23. The first kappa shape index (κ1) is 19.8. The predicted molar refractivity (Wildman–Crippen MR) is 113 cm³/mol. The van der Waals surface area contributed by atoms with Crippen molar-refractivity contribution in [3.8, 4) is 28.4 Å². The van der Waals surface area contributed by atoms with E-state index in [0.29, 0.717) is 23.8 Å². The lowest BCUT2D eigenvalue weighted by atomic mass is 10.0. The van der Waals surface area contributed by atoms with E-state index in [-0.39, 0.29) is 6.04 Å². The van der Waals surface area contributed by atoms with Gasteiger partial charge in [-0.2, -0.15) is 0 Å². The number of rotatable bonds is 8. The van der Waals surface area contributed by atoms with Crippen LogP contribution in [0.4, 0.5) is 0 Å². The van der Waals surface area contributed by atoms with Crippen LogP contribution in [0.5, 0.6) is 17.2 Å². The molecule has 4 heteroatoms. The van der Waals surface area contributed by atoms with E-state index < -0.39 is 0 Å². The van der Waals surface area contributed by atoms with E-state index in [1.165, 1.54) is 16.7 Å². The SMILES string of the molecule is COc1ccc(CN[C@@H](C)c2ccc(-c3ccccc3)cc2)c(OC)c1OC. The third-order valence-corrected chi connectivity index (χ3v) is 4.90. The second kappa shape index (κ2) is 9.29. The summed E-state index contributed by atoms with van der Waals surface area (Å²) in [6.07, 6.45) is 0. The molecule has 0 amide bonds. The minimum Gasteiger partial charge on any atom is -0.493 e. The van der Waals surface area contributed by atoms with Gasteiger partial charge in [-0.3, -0.25) is 0 Å². The largest absolute Gasteiger partial charge is 0.493 e. The highest BCUT2D eigenvalue weighted by atomic mass is 16.5. The van der Waals surface area contributed by atoms with Gasteiger partial charge in [0, 0.05) is 18.2 Å². The maximum atomic E-state index is 5.57. The molecule has 0 saturated carbocycles. The Labute approximate surface area is 167 Å². The average molecular weight is 377 g/mol. The van der Waals surface area contributed by atoms with E-state index in [4.69, 9.17) is 14.2 Å². The first-order chi connectivity index (χ1) is 13.7. The maximum Gasteiger partial charge on any atom is 0.203 e. The first-order valence-electron chi connectivity index (χ1n) is 9.34. The molecule has 0 bridgehead atoms. The van der Waals surface area contributed by atoms with Crippen LogP contribution in [0, 0.1) is 0 Å². The molecule has 146 valence electrons. The first-order valence-corrected chi connectivity index (χ1v) is 9.34. The number of benzene rings is 3. The Morgan fingerprint density at radius 2 is 1.36 bits per heavy atom. The van der Waals surface area contributed by atoms with Gasteiger partial charge in [-0.1, -0.05) is 60.7 Å². The number of hydrogen-bond donors (Lipinski definition) is 1. The van der Waals surface area contributed by atoms with Gasteiger partial charge in [-0.25, -0.2) is 0 Å². The molecule has 0 heterocycles. The summed E-state index contributed by atoms with van der Waals surface area (Å²) in [4.78, 5) is 0. The molecule has 4 nitrogen and oxygen atoms in total. The zero-order valence-corrected chi connectivity index (χ0v) is 16.9. The molecule has 28 heavy (non-hydrogen) atoms. The Kier molecular flexibility index (Phi) is 6.56. The van der Waals surface area contributed by atoms with Gasteiger partial charge in [0.25, 0.3) is 0 Å². The number of methoxy groups -OCH3 is 3. The number of nitrogens with one attached hydrogen (secondary N) is 1. The lowest BCUT2D eigenvalue weighted by Gasteiger charge is -2.19. The summed E-state index contributed by atoms with van der Waals surface area (Å²) in [5.41, 5.74) is 4.70. The highest BCUT2D eigenvalue weighted by Gasteiger charge is 2.16. The van der Waals surface area contributed by atoms with Gasteiger partial charge in [0.1, 0.15) is 0 Å². The van der Waals surface area contributed by atoms with Crippen LogP contribution in [0.15, 0.2) is 66.7 Å². The molecular weight excluding hydrogens is 350 g/mol. The van der Waals surface area contributed by atoms with E-state index >= 15 is 0 Å². The number of ether oxygens (including phenoxy) is 3. The van der Waals surface area contributed by atoms with Crippen molar-refractivity contribution in [2.75, 3.05) is 21.3 Å². The third-order valence-electron chi connectivity index (χ3n) is 4.90. The van der Waals surface area contributed by atoms with Crippen LogP contribution < -0.4 is 19.5 Å². The minimum atomic E-state index is 0.197. The zero-order valence-electron chi connectivity index (χ0n) is 16.9. The summed E-state index contributed by atoms with van der Waals surface area (Å²) in [6, 6.07) is 23.2. The third kappa shape index (κ3) is 4.29. The highest BCUT2D eigenvalue weighted by molar-refractivity contribution is 5.63. The van der Waals surface area contributed by atoms with Crippen LogP contribution in [-0.4, -0.2) is 21.3 Å². The minimum absolute atomic E-state index is 0.197. The molecule has 0 saturated heterocycles. The zero-order chi connectivity index (χ0) is 19.9. The van der Waals surface area contributed by atoms with Crippen molar-refractivity contribution in [3.63, 3.8) is 0 Å². The van der Waals surface area contributed by atoms with E-state index in [1.54, 1.807) is 21.3 Å². The molecule has 0 aliphatic rings. The summed E-state index contributed by atoms with van der Waals surface area (Å²) in [6.45, 7) is 2.82. The van der Waals surface area contributed by atoms with Gasteiger partial charge in [-0.15, -0.1) is 0 Å². The van der Waals surface area contributed by atoms with E-state index in [0.717, 1.165) is 5.56 Å². The molecule has 3 aromatic rings. The average Bonchev–Trinajstić information content (AvgIpc) is 2.77. The van der Waals surface area contributed by atoms with Gasteiger partial charge in [0.15, 0.2) is 11.5 Å². The Morgan fingerprint density at radius 1 is 0.714 bits per heavy atom. The molecule has 0 aliphatic heterocycles. The fourth-order valence-electron chi connectivity index (χ4n) is 3.28. The molecule has 0 radical (unpaired) electrons. The molecule has 3 rings (SSSR count). The molecular formula is C24H27NO3. The van der Waals surface area contributed by atoms with Crippen molar-refractivity contribution in [2.24, 2.45) is 0 Å². The van der Waals surface area contributed by atoms with Crippen LogP contribution in [-0.2, 0) is 6.54 Å². The van der Waals surface area contributed by atoms with Gasteiger partial charge in [0.2, 0.25) is 5.75 Å². The topological polar surface area (TPSA) is 39.7 Å². The lowest BCUT2D eigenvalue weighted by molar-refractivity contribution is 0.321. The van der Waals surface area contributed by atoms with Gasteiger partial charge in [0.05, 0.1) is 21.3 Å². The summed E-state index contributed by atoms with van der Waals surface area (Å²) >= 11 is 0. The Bertz CT molecular complexity index is 892. The highest BCUT2D eigenvalue weighted by Crippen LogP contribution is 2.39. The van der Waals surface area contributed by atoms with Gasteiger partial charge in [-0.05, 0) is 29.7 Å². The van der Waals surface area contributed by atoms with Crippen LogP contribution in [0.25, 0.3) is 11.1 Å². The van der Waals surface area contributed by atoms with Crippen molar-refractivity contribution in [3.05, 3.63) is 77.9 Å². The summed E-state index contributed by atoms with van der Waals surface area (Å²) in [5, 5.41) is 3.56. The fraction of sp³-hybridized carbons (Fsp3) is 0.250. The molecule has 0 aromatic heterocycles. The monoisotopic (exact) mass is 377 g/mol. The molecule has 0 unspecified atom stereocenters. The Balaban J connectivity index is 1.71. The quantitative estimate of drug-likeness (QED) is 0.583. The van der Waals surface area contributed by atoms with Gasteiger partial charge < -0.3 is 19.5 Å². The molecule has 1 atom stereocenters. The normalized spacial score (nSPS) is 11.7. The fourth-order valence-corrected chi connectivity index (χ4v) is 3.28. The smallest absolute Gasteiger partial charge is 0.203 e. The van der Waals surface area contributed by atoms with Gasteiger partial charge >= 0.3 is 0 Å². The Hall–Kier alpha value is -2.98. The molecule has 3 aromatic carbocycles. The van der Waals surface area contributed by atoms with Crippen molar-refractivity contribution in [2.45, 2.75) is 19.5 Å². The summed E-state index contributed by atoms with van der Waals surface area (Å²) < 4.78 is 16.4. The number of hydrogen-bond acceptors (Lipinski definition) is 4. The van der Waals surface area contributed by atoms with Crippen LogP contribution in [0.1, 0.15) is 24.1 Å². The second-order valence-corrected chi connectivity index (χ2v) is 6.58. The van der Waals surface area contributed by atoms with Crippen molar-refractivity contribution in [1.82, 2.24) is 5.32 Å².